The Bertz CT molecular complexity index is 377. The van der Waals surface area contributed by atoms with E-state index in [-0.39, 0.29) is 0 Å². The van der Waals surface area contributed by atoms with E-state index in [0.717, 1.165) is 31.3 Å². The number of hydrogen-bond donors (Lipinski definition) is 1. The molecule has 1 aromatic rings. The molecule has 0 radical (unpaired) electrons. The summed E-state index contributed by atoms with van der Waals surface area (Å²) < 4.78 is 0. The largest absolute Gasteiger partial charge is 0.357 e. The molecule has 2 N–H and O–H groups in total. The van der Waals surface area contributed by atoms with E-state index < -0.39 is 0 Å². The predicted molar refractivity (Wildman–Crippen MR) is 75.0 cm³/mol. The van der Waals surface area contributed by atoms with Crippen molar-refractivity contribution in [3.8, 4) is 0 Å². The van der Waals surface area contributed by atoms with Crippen LogP contribution >= 0.6 is 0 Å². The van der Waals surface area contributed by atoms with Gasteiger partial charge in [-0.2, -0.15) is 0 Å². The van der Waals surface area contributed by atoms with E-state index >= 15 is 0 Å². The van der Waals surface area contributed by atoms with Crippen LogP contribution in [0.5, 0.6) is 0 Å². The van der Waals surface area contributed by atoms with Crippen molar-refractivity contribution in [3.05, 3.63) is 12.4 Å². The summed E-state index contributed by atoms with van der Waals surface area (Å²) in [6, 6.07) is 2.52. The third-order valence-corrected chi connectivity index (χ3v) is 3.67. The van der Waals surface area contributed by atoms with Gasteiger partial charge >= 0.3 is 0 Å². The first kappa shape index (κ1) is 13.1. The fourth-order valence-corrected chi connectivity index (χ4v) is 2.60. The van der Waals surface area contributed by atoms with Crippen LogP contribution < -0.4 is 15.5 Å². The molecule has 1 aliphatic rings. The quantitative estimate of drug-likeness (QED) is 0.851. The second kappa shape index (κ2) is 6.00. The molecule has 0 amide bonds. The van der Waals surface area contributed by atoms with Crippen LogP contribution in [0.2, 0.25) is 0 Å². The van der Waals surface area contributed by atoms with Gasteiger partial charge in [0.1, 0.15) is 18.0 Å². The summed E-state index contributed by atoms with van der Waals surface area (Å²) in [4.78, 5) is 13.3. The van der Waals surface area contributed by atoms with Gasteiger partial charge in [-0.3, -0.25) is 0 Å². The molecule has 0 aliphatic carbocycles. The highest BCUT2D eigenvalue weighted by Gasteiger charge is 2.24. The van der Waals surface area contributed by atoms with Crippen molar-refractivity contribution < 1.29 is 0 Å². The Hall–Kier alpha value is -1.36. The average Bonchev–Trinajstić information content (AvgIpc) is 2.89. The van der Waals surface area contributed by atoms with Gasteiger partial charge in [-0.1, -0.05) is 0 Å². The Labute approximate surface area is 109 Å². The molecule has 5 nitrogen and oxygen atoms in total. The zero-order valence-electron chi connectivity index (χ0n) is 11.3. The SMILES string of the molecule is CCN(CC)c1cc(N2CCCC2CN)ncn1. The lowest BCUT2D eigenvalue weighted by molar-refractivity contribution is 0.670. The number of rotatable bonds is 5. The lowest BCUT2D eigenvalue weighted by atomic mass is 10.2. The van der Waals surface area contributed by atoms with Crippen molar-refractivity contribution in [1.82, 2.24) is 9.97 Å². The van der Waals surface area contributed by atoms with Crippen LogP contribution in [0.25, 0.3) is 0 Å². The molecule has 100 valence electrons. The number of aromatic nitrogens is 2. The fraction of sp³-hybridized carbons (Fsp3) is 0.692. The topological polar surface area (TPSA) is 58.3 Å². The smallest absolute Gasteiger partial charge is 0.134 e. The van der Waals surface area contributed by atoms with Crippen LogP contribution in [0.15, 0.2) is 12.4 Å². The maximum Gasteiger partial charge on any atom is 0.134 e. The molecule has 1 aliphatic heterocycles. The Morgan fingerprint density at radius 3 is 2.83 bits per heavy atom. The minimum absolute atomic E-state index is 0.435. The predicted octanol–water partition coefficient (Wildman–Crippen LogP) is 1.25. The van der Waals surface area contributed by atoms with Gasteiger partial charge in [0.15, 0.2) is 0 Å². The van der Waals surface area contributed by atoms with Crippen LogP contribution in [0, 0.1) is 0 Å². The molecule has 0 saturated carbocycles. The molecular weight excluding hydrogens is 226 g/mol. The number of hydrogen-bond acceptors (Lipinski definition) is 5. The summed E-state index contributed by atoms with van der Waals surface area (Å²) in [5.74, 6) is 2.02. The molecule has 2 heterocycles. The van der Waals surface area contributed by atoms with Crippen LogP contribution in [0.3, 0.4) is 0 Å². The van der Waals surface area contributed by atoms with Crippen LogP contribution in [-0.2, 0) is 0 Å². The van der Waals surface area contributed by atoms with Crippen molar-refractivity contribution in [3.63, 3.8) is 0 Å². The molecule has 5 heteroatoms. The van der Waals surface area contributed by atoms with Gasteiger partial charge in [0.2, 0.25) is 0 Å². The fourth-order valence-electron chi connectivity index (χ4n) is 2.60. The van der Waals surface area contributed by atoms with Gasteiger partial charge in [0.25, 0.3) is 0 Å². The van der Waals surface area contributed by atoms with E-state index in [9.17, 15) is 0 Å². The van der Waals surface area contributed by atoms with Crippen LogP contribution in [-0.4, -0.2) is 42.2 Å². The Kier molecular flexibility index (Phi) is 4.36. The molecule has 1 atom stereocenters. The molecular formula is C13H23N5. The second-order valence-electron chi connectivity index (χ2n) is 4.63. The Morgan fingerprint density at radius 1 is 1.39 bits per heavy atom. The van der Waals surface area contributed by atoms with E-state index in [2.05, 4.69) is 39.7 Å². The van der Waals surface area contributed by atoms with Crippen LogP contribution in [0.4, 0.5) is 11.6 Å². The third kappa shape index (κ3) is 2.56. The normalized spacial score (nSPS) is 19.3. The Morgan fingerprint density at radius 2 is 2.17 bits per heavy atom. The van der Waals surface area contributed by atoms with E-state index in [0.29, 0.717) is 12.6 Å². The van der Waals surface area contributed by atoms with E-state index in [1.54, 1.807) is 6.33 Å². The first-order valence-electron chi connectivity index (χ1n) is 6.83. The maximum absolute atomic E-state index is 5.82. The molecule has 1 saturated heterocycles. The van der Waals surface area contributed by atoms with Crippen LogP contribution in [0.1, 0.15) is 26.7 Å². The zero-order valence-corrected chi connectivity index (χ0v) is 11.3. The molecule has 1 aromatic heterocycles. The summed E-state index contributed by atoms with van der Waals surface area (Å²) >= 11 is 0. The first-order valence-corrected chi connectivity index (χ1v) is 6.83. The summed E-state index contributed by atoms with van der Waals surface area (Å²) in [7, 11) is 0. The highest BCUT2D eigenvalue weighted by molar-refractivity contribution is 5.51. The van der Waals surface area contributed by atoms with Gasteiger partial charge < -0.3 is 15.5 Å². The van der Waals surface area contributed by atoms with Crippen molar-refractivity contribution >= 4 is 11.6 Å². The summed E-state index contributed by atoms with van der Waals surface area (Å²) in [5.41, 5.74) is 5.82. The number of anilines is 2. The van der Waals surface area contributed by atoms with Gasteiger partial charge in [-0.25, -0.2) is 9.97 Å². The molecule has 1 unspecified atom stereocenters. The second-order valence-corrected chi connectivity index (χ2v) is 4.63. The summed E-state index contributed by atoms with van der Waals surface area (Å²) in [5, 5.41) is 0. The summed E-state index contributed by atoms with van der Waals surface area (Å²) in [6.45, 7) is 7.97. The van der Waals surface area contributed by atoms with Crippen molar-refractivity contribution in [2.24, 2.45) is 5.73 Å². The lowest BCUT2D eigenvalue weighted by Crippen LogP contribution is -2.36. The third-order valence-electron chi connectivity index (χ3n) is 3.67. The van der Waals surface area contributed by atoms with Gasteiger partial charge in [0, 0.05) is 38.3 Å². The van der Waals surface area contributed by atoms with E-state index in [1.165, 1.54) is 12.8 Å². The average molecular weight is 249 g/mol. The van der Waals surface area contributed by atoms with Crippen molar-refractivity contribution in [1.29, 1.82) is 0 Å². The van der Waals surface area contributed by atoms with Crippen molar-refractivity contribution in [2.75, 3.05) is 36.0 Å². The molecule has 1 fully saturated rings. The van der Waals surface area contributed by atoms with E-state index in [4.69, 9.17) is 5.73 Å². The van der Waals surface area contributed by atoms with E-state index in [1.807, 2.05) is 0 Å². The number of nitrogens with zero attached hydrogens (tertiary/aromatic N) is 4. The highest BCUT2D eigenvalue weighted by Crippen LogP contribution is 2.25. The Balaban J connectivity index is 2.21. The van der Waals surface area contributed by atoms with Gasteiger partial charge in [-0.05, 0) is 26.7 Å². The van der Waals surface area contributed by atoms with Gasteiger partial charge in [-0.15, -0.1) is 0 Å². The molecule has 0 aromatic carbocycles. The highest BCUT2D eigenvalue weighted by atomic mass is 15.3. The monoisotopic (exact) mass is 249 g/mol. The molecule has 0 spiro atoms. The maximum atomic E-state index is 5.82. The standard InChI is InChI=1S/C13H23N5/c1-3-17(4-2)12-8-13(16-10-15-12)18-7-5-6-11(18)9-14/h8,10-11H,3-7,9,14H2,1-2H3. The minimum Gasteiger partial charge on any atom is -0.357 e. The minimum atomic E-state index is 0.435. The zero-order chi connectivity index (χ0) is 13.0. The molecule has 2 rings (SSSR count). The summed E-state index contributed by atoms with van der Waals surface area (Å²) in [6.07, 6.45) is 4.03. The molecule has 0 bridgehead atoms. The van der Waals surface area contributed by atoms with Crippen molar-refractivity contribution in [2.45, 2.75) is 32.7 Å². The lowest BCUT2D eigenvalue weighted by Gasteiger charge is -2.26. The number of nitrogens with two attached hydrogens (primary N) is 1. The van der Waals surface area contributed by atoms with Gasteiger partial charge in [0.05, 0.1) is 0 Å². The first-order chi connectivity index (χ1) is 8.80. The molecule has 18 heavy (non-hydrogen) atoms.